The first-order valence-electron chi connectivity index (χ1n) is 7.91. The number of nitrogens with zero attached hydrogens (tertiary/aromatic N) is 1. The minimum Gasteiger partial charge on any atom is -0.459 e. The van der Waals surface area contributed by atoms with Crippen LogP contribution in [0.4, 0.5) is 0 Å². The molecule has 1 aliphatic heterocycles. The van der Waals surface area contributed by atoms with Gasteiger partial charge in [0, 0.05) is 0 Å². The standard InChI is InChI=1S/C16H31NO2/c1-5-6-7-8-9-12-17-13-10-11-14(17)15(18)19-16(2,3)4/h14H,5-13H2,1-4H3/t14-/m0/s1. The van der Waals surface area contributed by atoms with Crippen LogP contribution in [-0.4, -0.2) is 35.6 Å². The zero-order valence-electron chi connectivity index (χ0n) is 13.2. The van der Waals surface area contributed by atoms with Gasteiger partial charge in [-0.1, -0.05) is 32.6 Å². The van der Waals surface area contributed by atoms with E-state index in [9.17, 15) is 4.79 Å². The third kappa shape index (κ3) is 6.42. The van der Waals surface area contributed by atoms with Crippen molar-refractivity contribution >= 4 is 5.97 Å². The monoisotopic (exact) mass is 269 g/mol. The summed E-state index contributed by atoms with van der Waals surface area (Å²) in [6.07, 6.45) is 8.51. The molecule has 1 saturated heterocycles. The Labute approximate surface area is 118 Å². The van der Waals surface area contributed by atoms with E-state index in [2.05, 4.69) is 11.8 Å². The van der Waals surface area contributed by atoms with Gasteiger partial charge in [0.15, 0.2) is 0 Å². The first-order chi connectivity index (χ1) is 8.94. The maximum absolute atomic E-state index is 12.1. The average Bonchev–Trinajstić information content (AvgIpc) is 2.75. The summed E-state index contributed by atoms with van der Waals surface area (Å²) in [4.78, 5) is 14.5. The van der Waals surface area contributed by atoms with E-state index in [1.165, 1.54) is 32.1 Å². The Morgan fingerprint density at radius 3 is 2.53 bits per heavy atom. The molecule has 0 amide bonds. The van der Waals surface area contributed by atoms with Crippen LogP contribution in [-0.2, 0) is 9.53 Å². The Morgan fingerprint density at radius 2 is 1.89 bits per heavy atom. The molecule has 112 valence electrons. The van der Waals surface area contributed by atoms with Crippen LogP contribution in [0.3, 0.4) is 0 Å². The first kappa shape index (κ1) is 16.5. The van der Waals surface area contributed by atoms with Crippen molar-refractivity contribution in [1.29, 1.82) is 0 Å². The van der Waals surface area contributed by atoms with Crippen LogP contribution in [0.15, 0.2) is 0 Å². The quantitative estimate of drug-likeness (QED) is 0.520. The van der Waals surface area contributed by atoms with Crippen LogP contribution in [0.1, 0.15) is 72.6 Å². The normalized spacial score (nSPS) is 20.7. The molecule has 0 aromatic rings. The van der Waals surface area contributed by atoms with Crippen molar-refractivity contribution in [1.82, 2.24) is 4.90 Å². The summed E-state index contributed by atoms with van der Waals surface area (Å²) in [7, 11) is 0. The van der Waals surface area contributed by atoms with E-state index in [1.807, 2.05) is 20.8 Å². The smallest absolute Gasteiger partial charge is 0.323 e. The van der Waals surface area contributed by atoms with E-state index in [0.29, 0.717) is 0 Å². The Morgan fingerprint density at radius 1 is 1.21 bits per heavy atom. The van der Waals surface area contributed by atoms with Gasteiger partial charge in [-0.05, 0) is 53.1 Å². The van der Waals surface area contributed by atoms with Gasteiger partial charge < -0.3 is 4.74 Å². The van der Waals surface area contributed by atoms with E-state index in [4.69, 9.17) is 4.74 Å². The van der Waals surface area contributed by atoms with Gasteiger partial charge in [-0.15, -0.1) is 0 Å². The van der Waals surface area contributed by atoms with Gasteiger partial charge in [-0.2, -0.15) is 0 Å². The lowest BCUT2D eigenvalue weighted by Crippen LogP contribution is -2.40. The lowest BCUT2D eigenvalue weighted by molar-refractivity contribution is -0.160. The maximum Gasteiger partial charge on any atom is 0.323 e. The van der Waals surface area contributed by atoms with E-state index in [-0.39, 0.29) is 17.6 Å². The van der Waals surface area contributed by atoms with Crippen molar-refractivity contribution in [2.75, 3.05) is 13.1 Å². The van der Waals surface area contributed by atoms with Crippen LogP contribution in [0.25, 0.3) is 0 Å². The predicted molar refractivity (Wildman–Crippen MR) is 79.2 cm³/mol. The van der Waals surface area contributed by atoms with E-state index in [0.717, 1.165) is 25.9 Å². The largest absolute Gasteiger partial charge is 0.459 e. The lowest BCUT2D eigenvalue weighted by atomic mass is 10.1. The molecule has 0 spiro atoms. The van der Waals surface area contributed by atoms with Gasteiger partial charge in [0.2, 0.25) is 0 Å². The Bertz CT molecular complexity index is 270. The molecule has 1 rings (SSSR count). The molecular formula is C16H31NO2. The van der Waals surface area contributed by atoms with Crippen molar-refractivity contribution in [3.63, 3.8) is 0 Å². The third-order valence-electron chi connectivity index (χ3n) is 3.59. The molecule has 19 heavy (non-hydrogen) atoms. The second kappa shape index (κ2) is 7.88. The van der Waals surface area contributed by atoms with Crippen molar-refractivity contribution < 1.29 is 9.53 Å². The summed E-state index contributed by atoms with van der Waals surface area (Å²) in [5, 5.41) is 0. The number of esters is 1. The molecule has 0 unspecified atom stereocenters. The highest BCUT2D eigenvalue weighted by atomic mass is 16.6. The molecule has 0 aliphatic carbocycles. The SMILES string of the molecule is CCCCCCCN1CCC[C@H]1C(=O)OC(C)(C)C. The second-order valence-corrected chi connectivity index (χ2v) is 6.64. The second-order valence-electron chi connectivity index (χ2n) is 6.64. The molecule has 0 saturated carbocycles. The zero-order valence-corrected chi connectivity index (χ0v) is 13.2. The first-order valence-corrected chi connectivity index (χ1v) is 7.91. The van der Waals surface area contributed by atoms with E-state index < -0.39 is 0 Å². The number of carbonyl (C=O) groups excluding carboxylic acids is 1. The Kier molecular flexibility index (Phi) is 6.84. The molecule has 1 fully saturated rings. The van der Waals surface area contributed by atoms with Crippen LogP contribution in [0, 0.1) is 0 Å². The highest BCUT2D eigenvalue weighted by molar-refractivity contribution is 5.76. The highest BCUT2D eigenvalue weighted by Gasteiger charge is 2.33. The van der Waals surface area contributed by atoms with Gasteiger partial charge in [0.1, 0.15) is 11.6 Å². The fourth-order valence-electron chi connectivity index (χ4n) is 2.65. The topological polar surface area (TPSA) is 29.5 Å². The molecule has 1 atom stereocenters. The van der Waals surface area contributed by atoms with Gasteiger partial charge in [-0.3, -0.25) is 9.69 Å². The van der Waals surface area contributed by atoms with Gasteiger partial charge in [0.25, 0.3) is 0 Å². The Hall–Kier alpha value is -0.570. The van der Waals surface area contributed by atoms with Gasteiger partial charge >= 0.3 is 5.97 Å². The van der Waals surface area contributed by atoms with Crippen LogP contribution in [0.5, 0.6) is 0 Å². The molecule has 0 aromatic carbocycles. The fourth-order valence-corrected chi connectivity index (χ4v) is 2.65. The fraction of sp³-hybridized carbons (Fsp3) is 0.938. The maximum atomic E-state index is 12.1. The Balaban J connectivity index is 2.31. The number of carbonyl (C=O) groups is 1. The molecular weight excluding hydrogens is 238 g/mol. The summed E-state index contributed by atoms with van der Waals surface area (Å²) in [6.45, 7) is 10.2. The number of unbranched alkanes of at least 4 members (excludes halogenated alkanes) is 4. The molecule has 3 heteroatoms. The lowest BCUT2D eigenvalue weighted by Gasteiger charge is -2.27. The van der Waals surface area contributed by atoms with Gasteiger partial charge in [-0.25, -0.2) is 0 Å². The van der Waals surface area contributed by atoms with Gasteiger partial charge in [0.05, 0.1) is 0 Å². The molecule has 0 radical (unpaired) electrons. The molecule has 3 nitrogen and oxygen atoms in total. The average molecular weight is 269 g/mol. The molecule has 0 N–H and O–H groups in total. The summed E-state index contributed by atoms with van der Waals surface area (Å²) in [5.41, 5.74) is -0.369. The highest BCUT2D eigenvalue weighted by Crippen LogP contribution is 2.21. The van der Waals surface area contributed by atoms with E-state index in [1.54, 1.807) is 0 Å². The zero-order chi connectivity index (χ0) is 14.3. The van der Waals surface area contributed by atoms with Crippen molar-refractivity contribution in [3.05, 3.63) is 0 Å². The summed E-state index contributed by atoms with van der Waals surface area (Å²) in [5.74, 6) is -0.0291. The van der Waals surface area contributed by atoms with Crippen LogP contribution < -0.4 is 0 Å². The summed E-state index contributed by atoms with van der Waals surface area (Å²) < 4.78 is 5.52. The van der Waals surface area contributed by atoms with Crippen molar-refractivity contribution in [2.24, 2.45) is 0 Å². The minimum absolute atomic E-state index is 0.00500. The molecule has 0 bridgehead atoms. The third-order valence-corrected chi connectivity index (χ3v) is 3.59. The van der Waals surface area contributed by atoms with Crippen LogP contribution >= 0.6 is 0 Å². The van der Waals surface area contributed by atoms with Crippen LogP contribution in [0.2, 0.25) is 0 Å². The predicted octanol–water partition coefficient (Wildman–Crippen LogP) is 3.76. The molecule has 1 aliphatic rings. The number of likely N-dealkylation sites (tertiary alicyclic amines) is 1. The number of ether oxygens (including phenoxy) is 1. The molecule has 0 aromatic heterocycles. The van der Waals surface area contributed by atoms with Crippen molar-refractivity contribution in [3.8, 4) is 0 Å². The summed E-state index contributed by atoms with van der Waals surface area (Å²) >= 11 is 0. The van der Waals surface area contributed by atoms with E-state index >= 15 is 0 Å². The molecule has 1 heterocycles. The minimum atomic E-state index is -0.369. The van der Waals surface area contributed by atoms with Crippen molar-refractivity contribution in [2.45, 2.75) is 84.3 Å². The summed E-state index contributed by atoms with van der Waals surface area (Å²) in [6, 6.07) is 0.00500. The number of rotatable bonds is 7. The number of hydrogen-bond acceptors (Lipinski definition) is 3. The number of hydrogen-bond donors (Lipinski definition) is 0.